The first-order chi connectivity index (χ1) is 12.7. The fourth-order valence-electron chi connectivity index (χ4n) is 7.98. The first kappa shape index (κ1) is 17.2. The maximum absolute atomic E-state index is 12.5. The molecule has 0 aromatic rings. The molecule has 1 spiro atoms. The fourth-order valence-corrected chi connectivity index (χ4v) is 7.98. The van der Waals surface area contributed by atoms with E-state index in [4.69, 9.17) is 14.5 Å². The Morgan fingerprint density at radius 3 is 2.74 bits per heavy atom. The van der Waals surface area contributed by atoms with Gasteiger partial charge in [0.25, 0.3) is 0 Å². The standard InChI is InChI=1S/C23H32O4/c1-19(2)12-21(27-25-14-19)10-11-23-17-7-8-20(3)16(4-5-18(20)24)15(17)6-9-22(23,13-21)26-23/h7,15-16H,4-6,8-14H2,1-3H3/t15-,16-,20-,21?,22-,23-/m0/s1. The summed E-state index contributed by atoms with van der Waals surface area (Å²) in [6, 6.07) is 0. The van der Waals surface area contributed by atoms with Crippen molar-refractivity contribution in [1.82, 2.24) is 0 Å². The molecule has 2 saturated heterocycles. The van der Waals surface area contributed by atoms with E-state index in [1.54, 1.807) is 5.57 Å². The summed E-state index contributed by atoms with van der Waals surface area (Å²) in [4.78, 5) is 24.1. The Hall–Kier alpha value is -0.710. The number of epoxide rings is 1. The number of carbonyl (C=O) groups excluding carboxylic acids is 1. The van der Waals surface area contributed by atoms with Crippen molar-refractivity contribution in [2.75, 3.05) is 6.61 Å². The topological polar surface area (TPSA) is 48.1 Å². The van der Waals surface area contributed by atoms with E-state index in [0.29, 0.717) is 24.2 Å². The minimum absolute atomic E-state index is 0.0410. The van der Waals surface area contributed by atoms with Crippen molar-refractivity contribution in [3.05, 3.63) is 11.6 Å². The van der Waals surface area contributed by atoms with Crippen LogP contribution < -0.4 is 0 Å². The minimum Gasteiger partial charge on any atom is -0.358 e. The van der Waals surface area contributed by atoms with Gasteiger partial charge in [0, 0.05) is 18.3 Å². The quantitative estimate of drug-likeness (QED) is 0.356. The molecule has 4 aliphatic carbocycles. The lowest BCUT2D eigenvalue weighted by molar-refractivity contribution is -0.411. The second kappa shape index (κ2) is 4.88. The van der Waals surface area contributed by atoms with Crippen molar-refractivity contribution in [2.24, 2.45) is 22.7 Å². The summed E-state index contributed by atoms with van der Waals surface area (Å²) in [6.45, 7) is 7.46. The van der Waals surface area contributed by atoms with Crippen LogP contribution in [0.2, 0.25) is 0 Å². The number of ketones is 1. The molecule has 0 bridgehead atoms. The van der Waals surface area contributed by atoms with Gasteiger partial charge in [-0.1, -0.05) is 26.8 Å². The van der Waals surface area contributed by atoms with Gasteiger partial charge in [0.1, 0.15) is 22.6 Å². The molecule has 6 atom stereocenters. The Kier molecular flexibility index (Phi) is 3.10. The Morgan fingerprint density at radius 2 is 1.93 bits per heavy atom. The van der Waals surface area contributed by atoms with Gasteiger partial charge in [-0.2, -0.15) is 0 Å². The normalized spacial score (nSPS) is 55.2. The molecule has 4 heteroatoms. The second-order valence-electron chi connectivity index (χ2n) is 11.5. The van der Waals surface area contributed by atoms with Crippen LogP contribution in [-0.4, -0.2) is 29.2 Å². The van der Waals surface area contributed by atoms with Crippen molar-refractivity contribution in [3.8, 4) is 0 Å². The van der Waals surface area contributed by atoms with Crippen LogP contribution in [0.4, 0.5) is 0 Å². The third-order valence-corrected chi connectivity index (χ3v) is 9.18. The van der Waals surface area contributed by atoms with Crippen LogP contribution in [0.1, 0.15) is 78.6 Å². The number of carbonyl (C=O) groups is 1. The summed E-state index contributed by atoms with van der Waals surface area (Å²) in [5, 5.41) is 0. The predicted octanol–water partition coefficient (Wildman–Crippen LogP) is 4.52. The molecular weight excluding hydrogens is 340 g/mol. The lowest BCUT2D eigenvalue weighted by atomic mass is 9.53. The zero-order valence-electron chi connectivity index (χ0n) is 16.9. The molecule has 27 heavy (non-hydrogen) atoms. The van der Waals surface area contributed by atoms with Crippen molar-refractivity contribution < 1.29 is 19.3 Å². The van der Waals surface area contributed by atoms with E-state index in [2.05, 4.69) is 26.8 Å². The van der Waals surface area contributed by atoms with Crippen molar-refractivity contribution >= 4 is 5.78 Å². The Morgan fingerprint density at radius 1 is 1.07 bits per heavy atom. The molecule has 1 unspecified atom stereocenters. The van der Waals surface area contributed by atoms with E-state index >= 15 is 0 Å². The zero-order chi connectivity index (χ0) is 18.7. The highest BCUT2D eigenvalue weighted by Crippen LogP contribution is 2.73. The number of hydrogen-bond donors (Lipinski definition) is 0. The molecule has 0 radical (unpaired) electrons. The van der Waals surface area contributed by atoms with Gasteiger partial charge in [-0.25, -0.2) is 9.78 Å². The molecule has 0 aromatic heterocycles. The first-order valence-electron chi connectivity index (χ1n) is 11.0. The summed E-state index contributed by atoms with van der Waals surface area (Å²) in [5.74, 6) is 1.58. The smallest absolute Gasteiger partial charge is 0.139 e. The van der Waals surface area contributed by atoms with Crippen LogP contribution >= 0.6 is 0 Å². The van der Waals surface area contributed by atoms with E-state index in [9.17, 15) is 4.79 Å². The monoisotopic (exact) mass is 372 g/mol. The summed E-state index contributed by atoms with van der Waals surface area (Å²) < 4.78 is 6.70. The largest absolute Gasteiger partial charge is 0.358 e. The molecule has 4 nitrogen and oxygen atoms in total. The molecule has 148 valence electrons. The molecule has 6 aliphatic rings. The number of allylic oxidation sites excluding steroid dienone is 1. The van der Waals surface area contributed by atoms with Crippen LogP contribution in [0.5, 0.6) is 0 Å². The highest BCUT2D eigenvalue weighted by atomic mass is 17.2. The average molecular weight is 373 g/mol. The number of ether oxygens (including phenoxy) is 1. The first-order valence-corrected chi connectivity index (χ1v) is 11.0. The fraction of sp³-hybridized carbons (Fsp3) is 0.870. The minimum atomic E-state index is -0.179. The molecule has 0 amide bonds. The maximum Gasteiger partial charge on any atom is 0.139 e. The molecule has 0 N–H and O–H groups in total. The summed E-state index contributed by atoms with van der Waals surface area (Å²) in [7, 11) is 0. The van der Waals surface area contributed by atoms with Gasteiger partial charge in [-0.05, 0) is 67.8 Å². The molecule has 0 aromatic carbocycles. The van der Waals surface area contributed by atoms with E-state index in [0.717, 1.165) is 51.4 Å². The Labute approximate surface area is 161 Å². The molecule has 2 heterocycles. The van der Waals surface area contributed by atoms with Crippen molar-refractivity contribution in [3.63, 3.8) is 0 Å². The number of fused-ring (bicyclic) bond motifs is 3. The predicted molar refractivity (Wildman–Crippen MR) is 99.8 cm³/mol. The van der Waals surface area contributed by atoms with E-state index in [-0.39, 0.29) is 27.6 Å². The van der Waals surface area contributed by atoms with Crippen LogP contribution in [-0.2, 0) is 19.3 Å². The number of hydrogen-bond acceptors (Lipinski definition) is 4. The highest BCUT2D eigenvalue weighted by molar-refractivity contribution is 5.87. The van der Waals surface area contributed by atoms with Crippen LogP contribution in [0.15, 0.2) is 11.6 Å². The van der Waals surface area contributed by atoms with Crippen LogP contribution in [0.25, 0.3) is 0 Å². The third-order valence-electron chi connectivity index (χ3n) is 9.18. The Bertz CT molecular complexity index is 755. The van der Waals surface area contributed by atoms with Crippen LogP contribution in [0.3, 0.4) is 0 Å². The summed E-state index contributed by atoms with van der Waals surface area (Å²) >= 11 is 0. The summed E-state index contributed by atoms with van der Waals surface area (Å²) in [6.07, 6.45) is 11.6. The zero-order valence-corrected chi connectivity index (χ0v) is 16.9. The van der Waals surface area contributed by atoms with E-state index in [1.807, 2.05) is 0 Å². The lowest BCUT2D eigenvalue weighted by Crippen LogP contribution is -2.55. The average Bonchev–Trinajstić information content (AvgIpc) is 3.18. The Balaban J connectivity index is 1.32. The van der Waals surface area contributed by atoms with E-state index in [1.165, 1.54) is 6.42 Å². The summed E-state index contributed by atoms with van der Waals surface area (Å²) in [5.41, 5.74) is 1.33. The molecule has 5 fully saturated rings. The van der Waals surface area contributed by atoms with Gasteiger partial charge in [-0.3, -0.25) is 4.79 Å². The second-order valence-corrected chi connectivity index (χ2v) is 11.5. The van der Waals surface area contributed by atoms with Gasteiger partial charge < -0.3 is 4.74 Å². The van der Waals surface area contributed by atoms with Gasteiger partial charge in [0.05, 0.1) is 6.61 Å². The van der Waals surface area contributed by atoms with Crippen molar-refractivity contribution in [2.45, 2.75) is 95.4 Å². The van der Waals surface area contributed by atoms with Crippen molar-refractivity contribution in [1.29, 1.82) is 0 Å². The van der Waals surface area contributed by atoms with E-state index < -0.39 is 0 Å². The molecule has 3 saturated carbocycles. The van der Waals surface area contributed by atoms with Gasteiger partial charge >= 0.3 is 0 Å². The van der Waals surface area contributed by atoms with Gasteiger partial charge in [0.15, 0.2) is 0 Å². The van der Waals surface area contributed by atoms with Crippen LogP contribution in [0, 0.1) is 22.7 Å². The maximum atomic E-state index is 12.5. The highest BCUT2D eigenvalue weighted by Gasteiger charge is 2.79. The van der Waals surface area contributed by atoms with Gasteiger partial charge in [0.2, 0.25) is 0 Å². The van der Waals surface area contributed by atoms with Gasteiger partial charge in [-0.15, -0.1) is 0 Å². The SMILES string of the molecule is CC1(C)COOC2(CC[C@@]34O[C@@]3(CC[C@@H]3C4=CC[C@]4(C)C(=O)CC[C@@H]34)C2)C1. The third kappa shape index (κ3) is 2.03. The molecule has 6 rings (SSSR count). The molecular formula is C23H32O4. The lowest BCUT2D eigenvalue weighted by Gasteiger charge is -2.51. The number of rotatable bonds is 0. The number of Topliss-reactive ketones (excluding diaryl/α,β-unsaturated/α-hetero) is 1. The molecule has 2 aliphatic heterocycles.